The van der Waals surface area contributed by atoms with E-state index >= 15 is 0 Å². The van der Waals surface area contributed by atoms with Crippen molar-refractivity contribution in [2.24, 2.45) is 5.84 Å². The summed E-state index contributed by atoms with van der Waals surface area (Å²) in [5.74, 6) is 3.88. The van der Waals surface area contributed by atoms with Gasteiger partial charge in [0.2, 0.25) is 0 Å². The monoisotopic (exact) mass is 296 g/mol. The Balaban J connectivity index is 0.000000433. The highest BCUT2D eigenvalue weighted by Gasteiger charge is 1.95. The third-order valence-corrected chi connectivity index (χ3v) is 2.28. The highest BCUT2D eigenvalue weighted by molar-refractivity contribution is 5.89. The lowest BCUT2D eigenvalue weighted by molar-refractivity contribution is -0.134. The van der Waals surface area contributed by atoms with Crippen molar-refractivity contribution in [3.63, 3.8) is 0 Å². The van der Waals surface area contributed by atoms with Gasteiger partial charge in [0.15, 0.2) is 0 Å². The average molecular weight is 296 g/mol. The van der Waals surface area contributed by atoms with Gasteiger partial charge in [0.05, 0.1) is 7.11 Å². The number of ether oxygens (including phenoxy) is 1. The van der Waals surface area contributed by atoms with Crippen molar-refractivity contribution in [3.05, 3.63) is 42.0 Å². The van der Waals surface area contributed by atoms with E-state index in [9.17, 15) is 9.59 Å². The number of nitrogens with zero attached hydrogens (tertiary/aromatic N) is 1. The number of carbonyl (C=O) groups is 2. The molecule has 0 spiro atoms. The molecule has 0 aromatic heterocycles. The molecule has 4 N–H and O–H groups in total. The van der Waals surface area contributed by atoms with Crippen molar-refractivity contribution in [3.8, 4) is 5.75 Å². The predicted octanol–water partition coefficient (Wildman–Crippen LogP) is 0.755. The van der Waals surface area contributed by atoms with Gasteiger partial charge in [-0.05, 0) is 24.1 Å². The number of aliphatic carboxylic acids is 2. The summed E-state index contributed by atoms with van der Waals surface area (Å²) in [4.78, 5) is 19.1. The Labute approximate surface area is 123 Å². The lowest BCUT2D eigenvalue weighted by Gasteiger charge is -2.09. The van der Waals surface area contributed by atoms with Crippen LogP contribution in [-0.4, -0.2) is 47.9 Å². The zero-order valence-electron chi connectivity index (χ0n) is 12.0. The van der Waals surface area contributed by atoms with Crippen LogP contribution in [0.15, 0.2) is 36.4 Å². The van der Waals surface area contributed by atoms with E-state index in [1.54, 1.807) is 12.1 Å². The van der Waals surface area contributed by atoms with Gasteiger partial charge in [-0.1, -0.05) is 12.1 Å². The van der Waals surface area contributed by atoms with E-state index in [0.29, 0.717) is 12.2 Å². The highest BCUT2D eigenvalue weighted by atomic mass is 16.5. The van der Waals surface area contributed by atoms with Crippen LogP contribution in [0.2, 0.25) is 0 Å². The molecule has 1 aromatic carbocycles. The fourth-order valence-electron chi connectivity index (χ4n) is 1.24. The maximum absolute atomic E-state index is 9.55. The first-order valence-electron chi connectivity index (χ1n) is 6.08. The fourth-order valence-corrected chi connectivity index (χ4v) is 1.24. The highest BCUT2D eigenvalue weighted by Crippen LogP contribution is 2.11. The second-order valence-corrected chi connectivity index (χ2v) is 4.09. The van der Waals surface area contributed by atoms with E-state index in [-0.39, 0.29) is 0 Å². The Morgan fingerprint density at radius 2 is 1.67 bits per heavy atom. The topological polar surface area (TPSA) is 113 Å². The molecule has 0 aliphatic rings. The van der Waals surface area contributed by atoms with E-state index in [2.05, 4.69) is 12.1 Å². The fraction of sp³-hybridized carbons (Fsp3) is 0.286. The largest absolute Gasteiger partial charge is 0.497 e. The summed E-state index contributed by atoms with van der Waals surface area (Å²) in [5, 5.41) is 17.3. The number of benzene rings is 1. The Kier molecular flexibility index (Phi) is 9.23. The van der Waals surface area contributed by atoms with Crippen LogP contribution >= 0.6 is 0 Å². The minimum Gasteiger partial charge on any atom is -0.497 e. The van der Waals surface area contributed by atoms with Crippen LogP contribution in [0, 0.1) is 0 Å². The van der Waals surface area contributed by atoms with Crippen LogP contribution in [0.25, 0.3) is 0 Å². The van der Waals surface area contributed by atoms with Gasteiger partial charge >= 0.3 is 11.9 Å². The number of rotatable bonds is 6. The quantitative estimate of drug-likeness (QED) is 0.403. The molecule has 7 nitrogen and oxygen atoms in total. The summed E-state index contributed by atoms with van der Waals surface area (Å²) in [5.41, 5.74) is 1.28. The molecule has 0 bridgehead atoms. The van der Waals surface area contributed by atoms with Crippen molar-refractivity contribution in [2.45, 2.75) is 6.42 Å². The van der Waals surface area contributed by atoms with Crippen molar-refractivity contribution in [2.75, 3.05) is 20.7 Å². The Morgan fingerprint density at radius 1 is 1.19 bits per heavy atom. The molecule has 0 saturated carbocycles. The summed E-state index contributed by atoms with van der Waals surface area (Å²) in [7, 11) is 3.53. The van der Waals surface area contributed by atoms with Crippen LogP contribution in [-0.2, 0) is 16.0 Å². The van der Waals surface area contributed by atoms with Crippen molar-refractivity contribution >= 4 is 11.9 Å². The number of likely N-dealkylation sites (N-methyl/N-ethyl adjacent to an activating group) is 1. The zero-order chi connectivity index (χ0) is 16.3. The average Bonchev–Trinajstić information content (AvgIpc) is 2.44. The molecule has 0 unspecified atom stereocenters. The van der Waals surface area contributed by atoms with Crippen LogP contribution in [0.3, 0.4) is 0 Å². The number of nitrogens with two attached hydrogens (primary N) is 1. The van der Waals surface area contributed by atoms with Gasteiger partial charge in [-0.2, -0.15) is 0 Å². The minimum atomic E-state index is -1.26. The molecule has 0 aliphatic heterocycles. The predicted molar refractivity (Wildman–Crippen MR) is 77.9 cm³/mol. The summed E-state index contributed by atoms with van der Waals surface area (Å²) in [6, 6.07) is 8.04. The number of hydrogen-bond donors (Lipinski definition) is 3. The van der Waals surface area contributed by atoms with Gasteiger partial charge in [0.1, 0.15) is 5.75 Å². The Hall–Kier alpha value is -2.38. The summed E-state index contributed by atoms with van der Waals surface area (Å²) in [6.07, 6.45) is 2.08. The number of carboxylic acid groups (broad SMARTS) is 2. The molecule has 0 fully saturated rings. The second-order valence-electron chi connectivity index (χ2n) is 4.09. The molecule has 0 aliphatic carbocycles. The van der Waals surface area contributed by atoms with E-state index < -0.39 is 11.9 Å². The number of hydrazine groups is 1. The smallest absolute Gasteiger partial charge is 0.328 e. The van der Waals surface area contributed by atoms with Gasteiger partial charge in [0.25, 0.3) is 0 Å². The third-order valence-electron chi connectivity index (χ3n) is 2.28. The van der Waals surface area contributed by atoms with Gasteiger partial charge < -0.3 is 14.9 Å². The lowest BCUT2D eigenvalue weighted by Crippen LogP contribution is -2.28. The molecule has 21 heavy (non-hydrogen) atoms. The Bertz CT molecular complexity index is 453. The maximum atomic E-state index is 9.55. The van der Waals surface area contributed by atoms with Crippen molar-refractivity contribution in [1.82, 2.24) is 5.01 Å². The SMILES string of the molecule is COc1ccc(CCN(C)N)cc1.O=C(O)/C=C\C(=O)O. The summed E-state index contributed by atoms with van der Waals surface area (Å²) in [6.45, 7) is 0.867. The van der Waals surface area contributed by atoms with Crippen molar-refractivity contribution < 1.29 is 24.5 Å². The molecule has 0 atom stereocenters. The zero-order valence-corrected chi connectivity index (χ0v) is 12.0. The van der Waals surface area contributed by atoms with Gasteiger partial charge in [0, 0.05) is 25.7 Å². The molecular formula is C14H20N2O5. The van der Waals surface area contributed by atoms with E-state index in [0.717, 1.165) is 18.7 Å². The molecule has 7 heteroatoms. The second kappa shape index (κ2) is 10.4. The molecule has 0 amide bonds. The molecule has 1 rings (SSSR count). The van der Waals surface area contributed by atoms with Gasteiger partial charge in [-0.25, -0.2) is 14.6 Å². The van der Waals surface area contributed by atoms with Gasteiger partial charge in [-0.15, -0.1) is 0 Å². The van der Waals surface area contributed by atoms with E-state index in [4.69, 9.17) is 20.8 Å². The lowest BCUT2D eigenvalue weighted by atomic mass is 10.1. The third kappa shape index (κ3) is 11.2. The standard InChI is InChI=1S/C10H16N2O.C4H4O4/c1-12(11)8-7-9-3-5-10(13-2)6-4-9;5-3(6)1-2-4(7)8/h3-6H,7-8,11H2,1-2H3;1-2H,(H,5,6)(H,7,8)/b;2-1-. The van der Waals surface area contributed by atoms with Crippen LogP contribution < -0.4 is 10.6 Å². The molecule has 0 radical (unpaired) electrons. The number of methoxy groups -OCH3 is 1. The summed E-state index contributed by atoms with van der Waals surface area (Å²) < 4.78 is 5.06. The van der Waals surface area contributed by atoms with Crippen molar-refractivity contribution in [1.29, 1.82) is 0 Å². The molecular weight excluding hydrogens is 276 g/mol. The maximum Gasteiger partial charge on any atom is 0.328 e. The number of carboxylic acids is 2. The molecule has 1 aromatic rings. The van der Waals surface area contributed by atoms with Crippen LogP contribution in [0.1, 0.15) is 5.56 Å². The molecule has 0 heterocycles. The minimum absolute atomic E-state index is 0.558. The first-order valence-corrected chi connectivity index (χ1v) is 6.08. The normalized spacial score (nSPS) is 10.1. The van der Waals surface area contributed by atoms with E-state index in [1.165, 1.54) is 5.56 Å². The first-order chi connectivity index (χ1) is 9.85. The summed E-state index contributed by atoms with van der Waals surface area (Å²) >= 11 is 0. The van der Waals surface area contributed by atoms with Crippen LogP contribution in [0.5, 0.6) is 5.75 Å². The Morgan fingerprint density at radius 3 is 2.00 bits per heavy atom. The van der Waals surface area contributed by atoms with Crippen LogP contribution in [0.4, 0.5) is 0 Å². The molecule has 116 valence electrons. The van der Waals surface area contributed by atoms with E-state index in [1.807, 2.05) is 19.2 Å². The number of hydrogen-bond acceptors (Lipinski definition) is 5. The first kappa shape index (κ1) is 18.6. The molecule has 0 saturated heterocycles. The van der Waals surface area contributed by atoms with Gasteiger partial charge in [-0.3, -0.25) is 5.84 Å².